The smallest absolute Gasteiger partial charge is 0.410 e. The van der Waals surface area contributed by atoms with Gasteiger partial charge in [-0.2, -0.15) is 5.10 Å². The van der Waals surface area contributed by atoms with Crippen LogP contribution in [-0.2, 0) is 36.9 Å². The molecule has 1 saturated heterocycles. The van der Waals surface area contributed by atoms with E-state index >= 15 is 0 Å². The molecule has 3 aliphatic heterocycles. The SMILES string of the molecule is CC(C)(C)OC(=O)N[C@H]1CCCCC/C=C\[C@@H]2C[C@@]2(C(=O)Nc2[nH]ncc2C2CC2)NC(=O)[C@@H]2C[C@@H](OC(=O)N3Cc4cccc(F)c4C3)CN2C1=O. The van der Waals surface area contributed by atoms with Crippen molar-refractivity contribution >= 4 is 35.7 Å². The van der Waals surface area contributed by atoms with Crippen molar-refractivity contribution in [2.24, 2.45) is 5.92 Å². The van der Waals surface area contributed by atoms with E-state index in [9.17, 15) is 28.4 Å². The summed E-state index contributed by atoms with van der Waals surface area (Å²) < 4.78 is 25.8. The Labute approximate surface area is 307 Å². The fraction of sp³-hybridized carbons (Fsp3) is 0.579. The number of carbonyl (C=O) groups excluding carboxylic acids is 5. The summed E-state index contributed by atoms with van der Waals surface area (Å²) >= 11 is 0. The third-order valence-electron chi connectivity index (χ3n) is 10.7. The van der Waals surface area contributed by atoms with Gasteiger partial charge in [-0.1, -0.05) is 37.1 Å². The number of hydrogen-bond donors (Lipinski definition) is 4. The lowest BCUT2D eigenvalue weighted by Gasteiger charge is -2.30. The second-order valence-electron chi connectivity index (χ2n) is 15.9. The molecule has 0 radical (unpaired) electrons. The molecule has 5 amide bonds. The summed E-state index contributed by atoms with van der Waals surface area (Å²) in [6.45, 7) is 5.25. The summed E-state index contributed by atoms with van der Waals surface area (Å²) in [7, 11) is 0. The number of hydrogen-bond acceptors (Lipinski definition) is 8. The Morgan fingerprint density at radius 1 is 1.08 bits per heavy atom. The first-order valence-electron chi connectivity index (χ1n) is 18.7. The Hall–Kier alpha value is -4.95. The zero-order chi connectivity index (χ0) is 37.5. The van der Waals surface area contributed by atoms with Gasteiger partial charge in [0.25, 0.3) is 5.91 Å². The van der Waals surface area contributed by atoms with Gasteiger partial charge in [-0.05, 0) is 76.8 Å². The summed E-state index contributed by atoms with van der Waals surface area (Å²) in [5.41, 5.74) is -0.0517. The predicted octanol–water partition coefficient (Wildman–Crippen LogP) is 4.78. The molecule has 2 aliphatic carbocycles. The van der Waals surface area contributed by atoms with E-state index in [2.05, 4.69) is 26.1 Å². The number of rotatable bonds is 5. The number of aromatic nitrogens is 2. The molecule has 4 heterocycles. The van der Waals surface area contributed by atoms with Crippen molar-refractivity contribution < 1.29 is 37.8 Å². The van der Waals surface area contributed by atoms with Crippen LogP contribution in [0.25, 0.3) is 0 Å². The monoisotopic (exact) mass is 733 g/mol. The number of fused-ring (bicyclic) bond motifs is 3. The molecule has 0 spiro atoms. The van der Waals surface area contributed by atoms with Gasteiger partial charge in [-0.15, -0.1) is 0 Å². The van der Waals surface area contributed by atoms with Gasteiger partial charge in [0.1, 0.15) is 41.0 Å². The van der Waals surface area contributed by atoms with Crippen molar-refractivity contribution in [1.29, 1.82) is 0 Å². The van der Waals surface area contributed by atoms with Crippen LogP contribution in [0.2, 0.25) is 0 Å². The van der Waals surface area contributed by atoms with Gasteiger partial charge in [0.2, 0.25) is 11.8 Å². The highest BCUT2D eigenvalue weighted by atomic mass is 19.1. The van der Waals surface area contributed by atoms with Gasteiger partial charge >= 0.3 is 12.2 Å². The van der Waals surface area contributed by atoms with Crippen molar-refractivity contribution in [3.8, 4) is 0 Å². The van der Waals surface area contributed by atoms with Crippen LogP contribution >= 0.6 is 0 Å². The number of halogens is 1. The quantitative estimate of drug-likeness (QED) is 0.318. The predicted molar refractivity (Wildman–Crippen MR) is 190 cm³/mol. The normalized spacial score (nSPS) is 28.0. The zero-order valence-electron chi connectivity index (χ0n) is 30.4. The Morgan fingerprint density at radius 3 is 2.64 bits per heavy atom. The number of anilines is 1. The van der Waals surface area contributed by atoms with E-state index in [-0.39, 0.29) is 37.9 Å². The molecule has 3 fully saturated rings. The molecule has 284 valence electrons. The van der Waals surface area contributed by atoms with E-state index in [0.717, 1.165) is 37.7 Å². The van der Waals surface area contributed by atoms with E-state index in [1.807, 2.05) is 12.2 Å². The molecule has 2 aromatic rings. The van der Waals surface area contributed by atoms with Gasteiger partial charge in [0, 0.05) is 30.0 Å². The van der Waals surface area contributed by atoms with Gasteiger partial charge in [0.15, 0.2) is 0 Å². The highest BCUT2D eigenvalue weighted by Gasteiger charge is 2.61. The molecule has 15 heteroatoms. The fourth-order valence-electron chi connectivity index (χ4n) is 7.67. The molecule has 7 rings (SSSR count). The van der Waals surface area contributed by atoms with Gasteiger partial charge in [-0.3, -0.25) is 24.4 Å². The molecule has 1 aromatic heterocycles. The molecule has 2 saturated carbocycles. The Bertz CT molecular complexity index is 1800. The van der Waals surface area contributed by atoms with Crippen molar-refractivity contribution in [2.45, 2.75) is 127 Å². The minimum absolute atomic E-state index is 0.0351. The lowest BCUT2D eigenvalue weighted by Crippen LogP contribution is -2.57. The number of ether oxygens (including phenoxy) is 2. The second-order valence-corrected chi connectivity index (χ2v) is 15.9. The summed E-state index contributed by atoms with van der Waals surface area (Å²) in [6.07, 6.45) is 9.01. The van der Waals surface area contributed by atoms with Crippen molar-refractivity contribution in [1.82, 2.24) is 30.6 Å². The number of allylic oxidation sites excluding steroid dienone is 1. The topological polar surface area (TPSA) is 175 Å². The molecule has 0 bridgehead atoms. The average Bonchev–Trinajstić information content (AvgIpc) is 3.86. The maximum absolute atomic E-state index is 14.5. The molecular formula is C38H48FN7O7. The lowest BCUT2D eigenvalue weighted by atomic mass is 10.0. The standard InChI is InChI=1S/C38H48FN7O7/c1-37(2,3)53-35(50)41-29-13-8-6-4-5-7-11-24-17-38(24,34(49)42-31-26(18-40-44-31)22-14-15-22)43-32(47)30-16-25(20-46(30)33(29)48)52-36(51)45-19-23-10-9-12-28(39)27(23)21-45/h7,9-12,18,22,24-25,29-30H,4-6,8,13-17,19-21H2,1-3H3,(H,41,50)(H,43,47)(H2,40,42,44,49)/b11-7-/t24-,25-,29+,30+,38-/m1/s1. The van der Waals surface area contributed by atoms with Crippen LogP contribution in [0.5, 0.6) is 0 Å². The maximum Gasteiger partial charge on any atom is 0.410 e. The number of nitrogens with one attached hydrogen (secondary N) is 4. The van der Waals surface area contributed by atoms with Gasteiger partial charge < -0.3 is 30.3 Å². The van der Waals surface area contributed by atoms with Crippen LogP contribution < -0.4 is 16.0 Å². The summed E-state index contributed by atoms with van der Waals surface area (Å²) in [5, 5.41) is 15.7. The number of carbonyl (C=O) groups is 5. The molecule has 14 nitrogen and oxygen atoms in total. The number of amides is 5. The lowest BCUT2D eigenvalue weighted by molar-refractivity contribution is -0.141. The minimum atomic E-state index is -1.28. The number of alkyl carbamates (subject to hydrolysis) is 1. The summed E-state index contributed by atoms with van der Waals surface area (Å²) in [4.78, 5) is 71.9. The number of benzene rings is 1. The summed E-state index contributed by atoms with van der Waals surface area (Å²) in [6, 6.07) is 2.55. The van der Waals surface area contributed by atoms with E-state index < -0.39 is 59.1 Å². The molecular weight excluding hydrogens is 685 g/mol. The molecule has 5 atom stereocenters. The van der Waals surface area contributed by atoms with Crippen molar-refractivity contribution in [3.05, 3.63) is 59.1 Å². The summed E-state index contributed by atoms with van der Waals surface area (Å²) in [5.74, 6) is -1.32. The second kappa shape index (κ2) is 14.5. The largest absolute Gasteiger partial charge is 0.444 e. The Balaban J connectivity index is 1.13. The van der Waals surface area contributed by atoms with Gasteiger partial charge in [0.05, 0.1) is 19.3 Å². The third-order valence-corrected chi connectivity index (χ3v) is 10.7. The molecule has 1 aromatic carbocycles. The van der Waals surface area contributed by atoms with Crippen LogP contribution in [0.1, 0.15) is 101 Å². The molecule has 5 aliphatic rings. The molecule has 53 heavy (non-hydrogen) atoms. The maximum atomic E-state index is 14.5. The van der Waals surface area contributed by atoms with Gasteiger partial charge in [-0.25, -0.2) is 14.0 Å². The highest BCUT2D eigenvalue weighted by Crippen LogP contribution is 2.47. The van der Waals surface area contributed by atoms with Crippen LogP contribution in [-0.4, -0.2) is 85.8 Å². The Kier molecular flexibility index (Phi) is 9.94. The minimum Gasteiger partial charge on any atom is -0.444 e. The fourth-order valence-corrected chi connectivity index (χ4v) is 7.67. The van der Waals surface area contributed by atoms with E-state index in [4.69, 9.17) is 9.47 Å². The van der Waals surface area contributed by atoms with E-state index in [1.54, 1.807) is 39.1 Å². The first kappa shape index (κ1) is 36.4. The van der Waals surface area contributed by atoms with E-state index in [0.29, 0.717) is 42.1 Å². The van der Waals surface area contributed by atoms with Crippen LogP contribution in [0.4, 0.5) is 19.8 Å². The zero-order valence-corrected chi connectivity index (χ0v) is 30.4. The van der Waals surface area contributed by atoms with Crippen LogP contribution in [0.15, 0.2) is 36.5 Å². The van der Waals surface area contributed by atoms with Crippen LogP contribution in [0, 0.1) is 11.7 Å². The van der Waals surface area contributed by atoms with Crippen LogP contribution in [0.3, 0.4) is 0 Å². The number of aromatic amines is 1. The first-order valence-corrected chi connectivity index (χ1v) is 18.7. The van der Waals surface area contributed by atoms with Crippen molar-refractivity contribution in [2.75, 3.05) is 11.9 Å². The first-order chi connectivity index (χ1) is 25.3. The number of H-pyrrole nitrogens is 1. The molecule has 4 N–H and O–H groups in total. The van der Waals surface area contributed by atoms with Crippen molar-refractivity contribution in [3.63, 3.8) is 0 Å². The average molecular weight is 734 g/mol. The highest BCUT2D eigenvalue weighted by molar-refractivity contribution is 6.04. The Morgan fingerprint density at radius 2 is 1.89 bits per heavy atom. The molecule has 0 unspecified atom stereocenters. The third kappa shape index (κ3) is 8.03. The van der Waals surface area contributed by atoms with E-state index in [1.165, 1.54) is 15.9 Å². The number of nitrogens with zero attached hydrogens (tertiary/aromatic N) is 3.